The zero-order chi connectivity index (χ0) is 18.7. The van der Waals surface area contributed by atoms with Crippen molar-refractivity contribution in [3.63, 3.8) is 0 Å². The number of hydrogen-bond donors (Lipinski definition) is 0. The molecule has 0 saturated heterocycles. The van der Waals surface area contributed by atoms with Crippen molar-refractivity contribution in [1.82, 2.24) is 0 Å². The normalized spacial score (nSPS) is 21.1. The Morgan fingerprint density at radius 3 is 2.19 bits per heavy atom. The summed E-state index contributed by atoms with van der Waals surface area (Å²) < 4.78 is 77.1. The molecule has 0 amide bonds. The summed E-state index contributed by atoms with van der Waals surface area (Å²) in [5, 5.41) is 0.782. The van der Waals surface area contributed by atoms with Crippen LogP contribution in [-0.4, -0.2) is 27.1 Å². The summed E-state index contributed by atoms with van der Waals surface area (Å²) in [7, 11) is -3.26. The number of halogens is 3. The monoisotopic (exact) mass is 404 g/mol. The lowest BCUT2D eigenvalue weighted by atomic mass is 9.77. The van der Waals surface area contributed by atoms with Crippen LogP contribution in [0.2, 0.25) is 0 Å². The maximum Gasteiger partial charge on any atom is 0.534 e. The van der Waals surface area contributed by atoms with Gasteiger partial charge in [0, 0.05) is 5.56 Å². The molecule has 1 spiro atoms. The van der Waals surface area contributed by atoms with E-state index in [-0.39, 0.29) is 24.5 Å². The second kappa shape index (κ2) is 5.50. The molecule has 138 valence electrons. The van der Waals surface area contributed by atoms with Gasteiger partial charge in [-0.3, -0.25) is 0 Å². The van der Waals surface area contributed by atoms with Gasteiger partial charge in [0.25, 0.3) is 0 Å². The molecule has 2 unspecified atom stereocenters. The fraction of sp³-hybridized carbons (Fsp3) is 0.250. The molecule has 26 heavy (non-hydrogen) atoms. The maximum atomic E-state index is 12.8. The topological polar surface area (TPSA) is 61.8 Å². The van der Waals surface area contributed by atoms with Crippen LogP contribution in [-0.2, 0) is 15.5 Å². The molecule has 10 heteroatoms. The number of rotatable bonds is 2. The molecular formula is C16H12F3O5PS. The molecule has 2 aliphatic rings. The average molecular weight is 404 g/mol. The molecule has 2 heterocycles. The molecule has 5 nitrogen and oxygen atoms in total. The van der Waals surface area contributed by atoms with Gasteiger partial charge in [-0.1, -0.05) is 18.2 Å². The molecule has 0 fully saturated rings. The second-order valence-corrected chi connectivity index (χ2v) is 8.15. The summed E-state index contributed by atoms with van der Waals surface area (Å²) in [5.41, 5.74) is -5.51. The lowest BCUT2D eigenvalue weighted by Crippen LogP contribution is -2.35. The summed E-state index contributed by atoms with van der Waals surface area (Å²) in [6.07, 6.45) is 0. The van der Waals surface area contributed by atoms with E-state index < -0.39 is 26.8 Å². The summed E-state index contributed by atoms with van der Waals surface area (Å²) in [6, 6.07) is 9.46. The molecule has 0 bridgehead atoms. The van der Waals surface area contributed by atoms with Crippen LogP contribution < -0.4 is 19.0 Å². The van der Waals surface area contributed by atoms with Crippen LogP contribution in [0.4, 0.5) is 13.2 Å². The predicted molar refractivity (Wildman–Crippen MR) is 89.6 cm³/mol. The molecule has 0 aliphatic carbocycles. The third-order valence-corrected chi connectivity index (χ3v) is 5.88. The van der Waals surface area contributed by atoms with Gasteiger partial charge < -0.3 is 13.7 Å². The standard InChI is InChI=1S/C16H12F3O5PS/c17-16(18,19)26(20,21)24-11-5-1-3-9-13(11)15(7-22-9)8-23-10-4-2-6-12(25)14(10)15/h1-6H,7-8,25H2. The van der Waals surface area contributed by atoms with Crippen LogP contribution in [0.5, 0.6) is 17.2 Å². The van der Waals surface area contributed by atoms with Crippen LogP contribution in [0.1, 0.15) is 11.1 Å². The molecule has 0 saturated carbocycles. The van der Waals surface area contributed by atoms with Crippen LogP contribution in [0, 0.1) is 0 Å². The second-order valence-electron chi connectivity index (χ2n) is 5.99. The third-order valence-electron chi connectivity index (χ3n) is 4.43. The maximum absolute atomic E-state index is 12.8. The van der Waals surface area contributed by atoms with E-state index in [2.05, 4.69) is 13.4 Å². The van der Waals surface area contributed by atoms with Crippen molar-refractivity contribution in [3.05, 3.63) is 47.5 Å². The van der Waals surface area contributed by atoms with Gasteiger partial charge >= 0.3 is 15.6 Å². The fourth-order valence-electron chi connectivity index (χ4n) is 3.38. The Labute approximate surface area is 149 Å². The van der Waals surface area contributed by atoms with Crippen molar-refractivity contribution in [2.75, 3.05) is 13.2 Å². The highest BCUT2D eigenvalue weighted by molar-refractivity contribution is 7.88. The van der Waals surface area contributed by atoms with Gasteiger partial charge in [-0.2, -0.15) is 21.6 Å². The minimum atomic E-state index is -5.81. The summed E-state index contributed by atoms with van der Waals surface area (Å²) >= 11 is 0. The quantitative estimate of drug-likeness (QED) is 0.437. The predicted octanol–water partition coefficient (Wildman–Crippen LogP) is 2.49. The van der Waals surface area contributed by atoms with E-state index in [0.29, 0.717) is 5.75 Å². The number of hydrogen-bond acceptors (Lipinski definition) is 5. The first-order valence-corrected chi connectivity index (χ1v) is 9.43. The van der Waals surface area contributed by atoms with Crippen molar-refractivity contribution >= 4 is 24.7 Å². The van der Waals surface area contributed by atoms with E-state index in [1.54, 1.807) is 18.2 Å². The van der Waals surface area contributed by atoms with Crippen LogP contribution >= 0.6 is 9.24 Å². The van der Waals surface area contributed by atoms with Crippen LogP contribution in [0.15, 0.2) is 36.4 Å². The SMILES string of the molecule is O=S(=O)(Oc1cccc2c1C1(COc3cccc(P)c31)CO2)C(F)(F)F. The van der Waals surface area contributed by atoms with Crippen molar-refractivity contribution in [1.29, 1.82) is 0 Å². The van der Waals surface area contributed by atoms with Gasteiger partial charge in [-0.15, -0.1) is 9.24 Å². The van der Waals surface area contributed by atoms with E-state index in [0.717, 1.165) is 10.9 Å². The summed E-state index contributed by atoms with van der Waals surface area (Å²) in [5.74, 6) is 0.425. The molecule has 0 aromatic heterocycles. The summed E-state index contributed by atoms with van der Waals surface area (Å²) in [6.45, 7) is 0.209. The Bertz CT molecular complexity index is 1000. The highest BCUT2D eigenvalue weighted by Gasteiger charge is 2.54. The molecule has 4 rings (SSSR count). The first-order chi connectivity index (χ1) is 12.2. The lowest BCUT2D eigenvalue weighted by molar-refractivity contribution is -0.0500. The Morgan fingerprint density at radius 2 is 1.58 bits per heavy atom. The van der Waals surface area contributed by atoms with Crippen molar-refractivity contribution in [2.45, 2.75) is 10.9 Å². The van der Waals surface area contributed by atoms with Crippen molar-refractivity contribution < 1.29 is 35.2 Å². The molecule has 2 aromatic rings. The van der Waals surface area contributed by atoms with Gasteiger partial charge in [-0.05, 0) is 23.5 Å². The van der Waals surface area contributed by atoms with Gasteiger partial charge in [0.2, 0.25) is 0 Å². The average Bonchev–Trinajstić information content (AvgIpc) is 3.11. The number of benzene rings is 2. The van der Waals surface area contributed by atoms with Gasteiger partial charge in [0.15, 0.2) is 5.75 Å². The van der Waals surface area contributed by atoms with Gasteiger partial charge in [0.05, 0.1) is 11.0 Å². The lowest BCUT2D eigenvalue weighted by Gasteiger charge is -2.24. The van der Waals surface area contributed by atoms with E-state index in [1.165, 1.54) is 12.1 Å². The van der Waals surface area contributed by atoms with Crippen molar-refractivity contribution in [2.24, 2.45) is 0 Å². The molecule has 0 radical (unpaired) electrons. The van der Waals surface area contributed by atoms with Crippen LogP contribution in [0.25, 0.3) is 0 Å². The van der Waals surface area contributed by atoms with E-state index in [1.807, 2.05) is 6.07 Å². The first kappa shape index (κ1) is 17.4. The first-order valence-electron chi connectivity index (χ1n) is 7.44. The smallest absolute Gasteiger partial charge is 0.492 e. The molecule has 0 N–H and O–H groups in total. The van der Waals surface area contributed by atoms with Gasteiger partial charge in [-0.25, -0.2) is 0 Å². The minimum absolute atomic E-state index is 0.104. The molecule has 2 aromatic carbocycles. The number of ether oxygens (including phenoxy) is 2. The Balaban J connectivity index is 1.90. The Kier molecular flexibility index (Phi) is 3.69. The summed E-state index contributed by atoms with van der Waals surface area (Å²) in [4.78, 5) is 0. The van der Waals surface area contributed by atoms with Crippen molar-refractivity contribution in [3.8, 4) is 17.2 Å². The van der Waals surface area contributed by atoms with Crippen LogP contribution in [0.3, 0.4) is 0 Å². The third kappa shape index (κ3) is 2.37. The molecule has 2 aliphatic heterocycles. The van der Waals surface area contributed by atoms with Gasteiger partial charge in [0.1, 0.15) is 24.7 Å². The number of fused-ring (bicyclic) bond motifs is 4. The minimum Gasteiger partial charge on any atom is -0.492 e. The fourth-order valence-corrected chi connectivity index (χ4v) is 4.38. The molecular weight excluding hydrogens is 392 g/mol. The highest BCUT2D eigenvalue weighted by Crippen LogP contribution is 2.53. The van der Waals surface area contributed by atoms with E-state index in [4.69, 9.17) is 9.47 Å². The zero-order valence-electron chi connectivity index (χ0n) is 13.0. The molecule has 2 atom stereocenters. The highest BCUT2D eigenvalue weighted by atomic mass is 32.2. The largest absolute Gasteiger partial charge is 0.534 e. The number of alkyl halides is 3. The van der Waals surface area contributed by atoms with E-state index >= 15 is 0 Å². The Morgan fingerprint density at radius 1 is 1.00 bits per heavy atom. The zero-order valence-corrected chi connectivity index (χ0v) is 15.0. The Hall–Kier alpha value is -1.99. The van der Waals surface area contributed by atoms with E-state index in [9.17, 15) is 21.6 Å².